The summed E-state index contributed by atoms with van der Waals surface area (Å²) in [7, 11) is 0. The van der Waals surface area contributed by atoms with Crippen molar-refractivity contribution in [2.45, 2.75) is 36.3 Å². The van der Waals surface area contributed by atoms with Gasteiger partial charge >= 0.3 is 12.6 Å². The minimum atomic E-state index is -5.41. The lowest BCUT2D eigenvalue weighted by atomic mass is 10.0. The van der Waals surface area contributed by atoms with E-state index in [4.69, 9.17) is 0 Å². The van der Waals surface area contributed by atoms with Crippen molar-refractivity contribution in [1.29, 1.82) is 0 Å². The average Bonchev–Trinajstić information content (AvgIpc) is 2.03. The number of allylic oxidation sites excluding steroid dienone is 1. The molecule has 0 saturated heterocycles. The Bertz CT molecular complexity index is 257. The number of alkyl halides is 7. The molecule has 8 heteroatoms. The van der Waals surface area contributed by atoms with Gasteiger partial charge in [0.25, 0.3) is 0 Å². The van der Waals surface area contributed by atoms with E-state index in [1.165, 1.54) is 6.08 Å². The van der Waals surface area contributed by atoms with Crippen molar-refractivity contribution in [3.05, 3.63) is 12.2 Å². The van der Waals surface area contributed by atoms with Crippen LogP contribution in [0.5, 0.6) is 0 Å². The molecule has 1 rings (SSSR count). The van der Waals surface area contributed by atoms with Gasteiger partial charge in [-0.15, -0.1) is 4.90 Å². The highest BCUT2D eigenvalue weighted by Crippen LogP contribution is 2.38. The molecule has 0 aromatic rings. The van der Waals surface area contributed by atoms with Gasteiger partial charge in [-0.1, -0.05) is 28.1 Å². The van der Waals surface area contributed by atoms with Gasteiger partial charge in [-0.05, 0) is 12.8 Å². The van der Waals surface area contributed by atoms with Gasteiger partial charge in [0.05, 0.1) is 0 Å². The molecular weight excluding hydrogens is 304 g/mol. The summed E-state index contributed by atoms with van der Waals surface area (Å²) in [6.07, 6.45) is -8.53. The molecule has 1 aliphatic rings. The Balaban J connectivity index is 2.91. The van der Waals surface area contributed by atoms with Gasteiger partial charge in [0.1, 0.15) is 0 Å². The van der Waals surface area contributed by atoms with Gasteiger partial charge in [-0.3, -0.25) is 0 Å². The Morgan fingerprint density at radius 1 is 0.938 bits per heavy atom. The summed E-state index contributed by atoms with van der Waals surface area (Å²) in [6.45, 7) is 0. The lowest BCUT2D eigenvalue weighted by Crippen LogP contribution is -2.53. The lowest BCUT2D eigenvalue weighted by molar-refractivity contribution is -0.381. The molecule has 16 heavy (non-hydrogen) atoms. The summed E-state index contributed by atoms with van der Waals surface area (Å²) < 4.78 is 73.5. The van der Waals surface area contributed by atoms with Gasteiger partial charge < -0.3 is 0 Å². The second-order valence-corrected chi connectivity index (χ2v) is 4.53. The van der Waals surface area contributed by atoms with E-state index in [1.807, 2.05) is 0 Å². The van der Waals surface area contributed by atoms with Crippen molar-refractivity contribution in [3.63, 3.8) is 0 Å². The predicted molar refractivity (Wildman–Crippen MR) is 48.8 cm³/mol. The highest BCUT2D eigenvalue weighted by Gasteiger charge is 2.56. The van der Waals surface area contributed by atoms with Gasteiger partial charge in [0.15, 0.2) is 0 Å². The minimum absolute atomic E-state index is 0.160. The summed E-state index contributed by atoms with van der Waals surface area (Å²) in [5.74, 6) is 0. The Morgan fingerprint density at radius 3 is 1.75 bits per heavy atom. The molecule has 1 nitrogen and oxygen atoms in total. The molecule has 0 fully saturated rings. The molecule has 0 aromatic carbocycles. The average molecular weight is 312 g/mol. The van der Waals surface area contributed by atoms with Crippen LogP contribution >= 0.6 is 15.9 Å². The lowest BCUT2D eigenvalue weighted by Gasteiger charge is -2.34. The molecule has 0 bridgehead atoms. The number of hydrogen-bond acceptors (Lipinski definition) is 1. The van der Waals surface area contributed by atoms with Crippen LogP contribution in [0.1, 0.15) is 12.8 Å². The standard InChI is InChI=1S/C8H8BrF6N/c9-5-1-3-6(4-2-5)16(7(10,11)12)8(13,14)15/h1,3,5-6H,2,4H2/t5-,6+/m0/s1. The van der Waals surface area contributed by atoms with Crippen molar-refractivity contribution in [3.8, 4) is 0 Å². The molecule has 2 atom stereocenters. The fourth-order valence-corrected chi connectivity index (χ4v) is 1.95. The molecule has 0 heterocycles. The van der Waals surface area contributed by atoms with E-state index < -0.39 is 23.5 Å². The third-order valence-electron chi connectivity index (χ3n) is 2.16. The molecule has 0 aromatic heterocycles. The molecule has 0 unspecified atom stereocenters. The summed E-state index contributed by atoms with van der Waals surface area (Å²) in [5.41, 5.74) is 0. The van der Waals surface area contributed by atoms with Crippen LogP contribution in [-0.2, 0) is 0 Å². The maximum absolute atomic E-state index is 12.3. The number of halogens is 7. The Morgan fingerprint density at radius 2 is 1.44 bits per heavy atom. The fourth-order valence-electron chi connectivity index (χ4n) is 1.51. The third-order valence-corrected chi connectivity index (χ3v) is 2.92. The zero-order valence-corrected chi connectivity index (χ0v) is 9.40. The van der Waals surface area contributed by atoms with Gasteiger partial charge in [0, 0.05) is 10.9 Å². The van der Waals surface area contributed by atoms with E-state index in [2.05, 4.69) is 15.9 Å². The molecule has 94 valence electrons. The van der Waals surface area contributed by atoms with Crippen LogP contribution in [0, 0.1) is 0 Å². The van der Waals surface area contributed by atoms with Crippen LogP contribution in [-0.4, -0.2) is 28.4 Å². The second-order valence-electron chi connectivity index (χ2n) is 3.35. The minimum Gasteiger partial charge on any atom is -0.155 e. The smallest absolute Gasteiger partial charge is 0.155 e. The number of rotatable bonds is 1. The molecule has 1 aliphatic carbocycles. The van der Waals surface area contributed by atoms with Crippen LogP contribution < -0.4 is 0 Å². The van der Waals surface area contributed by atoms with Crippen LogP contribution in [0.2, 0.25) is 0 Å². The number of hydrogen-bond donors (Lipinski definition) is 0. The third kappa shape index (κ3) is 3.38. The summed E-state index contributed by atoms with van der Waals surface area (Å²) in [4.78, 5) is -1.53. The van der Waals surface area contributed by atoms with Gasteiger partial charge in [-0.2, -0.15) is 26.3 Å². The van der Waals surface area contributed by atoms with Crippen molar-refractivity contribution >= 4 is 15.9 Å². The van der Waals surface area contributed by atoms with Crippen LogP contribution in [0.4, 0.5) is 26.3 Å². The Hall–Kier alpha value is -0.240. The zero-order valence-electron chi connectivity index (χ0n) is 7.82. The van der Waals surface area contributed by atoms with E-state index in [-0.39, 0.29) is 17.7 Å². The van der Waals surface area contributed by atoms with Crippen molar-refractivity contribution in [2.75, 3.05) is 0 Å². The van der Waals surface area contributed by atoms with Crippen molar-refractivity contribution in [1.82, 2.24) is 4.90 Å². The largest absolute Gasteiger partial charge is 0.467 e. The molecule has 0 N–H and O–H groups in total. The van der Waals surface area contributed by atoms with E-state index in [0.717, 1.165) is 6.08 Å². The second kappa shape index (κ2) is 4.56. The van der Waals surface area contributed by atoms with Gasteiger partial charge in [0.2, 0.25) is 0 Å². The van der Waals surface area contributed by atoms with E-state index in [1.54, 1.807) is 0 Å². The predicted octanol–water partition coefficient (Wildman–Crippen LogP) is 3.81. The SMILES string of the molecule is FC(F)(F)N([C@@H]1C=C[C@H](Br)CC1)C(F)(F)F. The van der Waals surface area contributed by atoms with Crippen molar-refractivity contribution < 1.29 is 26.3 Å². The first-order valence-corrected chi connectivity index (χ1v) is 5.29. The first-order chi connectivity index (χ1) is 7.12. The topological polar surface area (TPSA) is 3.24 Å². The highest BCUT2D eigenvalue weighted by molar-refractivity contribution is 9.09. The summed E-state index contributed by atoms with van der Waals surface area (Å²) >= 11 is 3.10. The monoisotopic (exact) mass is 311 g/mol. The molecule has 0 aliphatic heterocycles. The van der Waals surface area contributed by atoms with E-state index in [9.17, 15) is 26.3 Å². The quantitative estimate of drug-likeness (QED) is 0.308. The summed E-state index contributed by atoms with van der Waals surface area (Å²) in [6, 6.07) is -1.67. The van der Waals surface area contributed by atoms with E-state index in [0.29, 0.717) is 0 Å². The molecule has 0 saturated carbocycles. The van der Waals surface area contributed by atoms with Crippen LogP contribution in [0.15, 0.2) is 12.2 Å². The maximum Gasteiger partial charge on any atom is 0.467 e. The molecule has 0 spiro atoms. The normalized spacial score (nSPS) is 27.5. The van der Waals surface area contributed by atoms with Crippen molar-refractivity contribution in [2.24, 2.45) is 0 Å². The highest BCUT2D eigenvalue weighted by atomic mass is 79.9. The zero-order chi connectivity index (χ0) is 12.6. The van der Waals surface area contributed by atoms with Crippen LogP contribution in [0.25, 0.3) is 0 Å². The van der Waals surface area contributed by atoms with Gasteiger partial charge in [-0.25, -0.2) is 0 Å². The molecule has 0 radical (unpaired) electrons. The summed E-state index contributed by atoms with van der Waals surface area (Å²) in [5, 5.41) is 0. The first kappa shape index (κ1) is 13.8. The Labute approximate surface area is 96.2 Å². The number of nitrogens with zero attached hydrogens (tertiary/aromatic N) is 1. The van der Waals surface area contributed by atoms with E-state index >= 15 is 0 Å². The van der Waals surface area contributed by atoms with Crippen LogP contribution in [0.3, 0.4) is 0 Å². The first-order valence-electron chi connectivity index (χ1n) is 4.37. The molecular formula is C8H8BrF6N. The molecule has 0 amide bonds. The fraction of sp³-hybridized carbons (Fsp3) is 0.750. The Kier molecular flexibility index (Phi) is 3.94. The maximum atomic E-state index is 12.3.